The molecule has 162 valence electrons. The number of hydrogen-bond donors (Lipinski definition) is 2. The van der Waals surface area contributed by atoms with Gasteiger partial charge in [-0.25, -0.2) is 4.98 Å². The van der Waals surface area contributed by atoms with Crippen LogP contribution >= 0.6 is 11.6 Å². The number of rotatable bonds is 5. The Bertz CT molecular complexity index is 1370. The van der Waals surface area contributed by atoms with Crippen LogP contribution in [-0.4, -0.2) is 20.4 Å². The number of aryl methyl sites for hydroxylation is 2. The lowest BCUT2D eigenvalue weighted by molar-refractivity contribution is 0.0950. The molecule has 0 unspecified atom stereocenters. The zero-order chi connectivity index (χ0) is 22.8. The third-order valence-corrected chi connectivity index (χ3v) is 5.52. The standard InChI is InChI=1S/C24H22ClN5O2/c1-14-7-22(26)29-15(2)20(14)11-28-24(32)17-4-6-23(31)30(13-17)12-16-3-5-21-18(8-16)9-19(25)10-27-21/h3-10,13H,11-12H2,1-2H3,(H2,26,29)(H,28,32). The fraction of sp³-hybridized carbons (Fsp3) is 0.167. The average molecular weight is 448 g/mol. The molecule has 0 atom stereocenters. The van der Waals surface area contributed by atoms with Crippen molar-refractivity contribution in [3.8, 4) is 0 Å². The van der Waals surface area contributed by atoms with E-state index in [1.807, 2.05) is 38.1 Å². The van der Waals surface area contributed by atoms with Gasteiger partial charge in [0.15, 0.2) is 0 Å². The van der Waals surface area contributed by atoms with Crippen LogP contribution in [0.15, 0.2) is 59.7 Å². The summed E-state index contributed by atoms with van der Waals surface area (Å²) in [6.07, 6.45) is 3.17. The molecule has 32 heavy (non-hydrogen) atoms. The van der Waals surface area contributed by atoms with E-state index in [1.165, 1.54) is 16.7 Å². The van der Waals surface area contributed by atoms with Gasteiger partial charge in [0, 0.05) is 36.1 Å². The molecule has 8 heteroatoms. The summed E-state index contributed by atoms with van der Waals surface area (Å²) < 4.78 is 1.51. The number of anilines is 1. The third kappa shape index (κ3) is 4.63. The van der Waals surface area contributed by atoms with Crippen molar-refractivity contribution in [2.24, 2.45) is 0 Å². The highest BCUT2D eigenvalue weighted by Gasteiger charge is 2.11. The van der Waals surface area contributed by atoms with Crippen LogP contribution in [0.3, 0.4) is 0 Å². The molecule has 0 aliphatic heterocycles. The summed E-state index contributed by atoms with van der Waals surface area (Å²) in [6.45, 7) is 4.43. The van der Waals surface area contributed by atoms with Crippen molar-refractivity contribution >= 4 is 34.2 Å². The molecule has 1 aromatic carbocycles. The van der Waals surface area contributed by atoms with Gasteiger partial charge in [-0.15, -0.1) is 0 Å². The first-order chi connectivity index (χ1) is 15.3. The largest absolute Gasteiger partial charge is 0.384 e. The van der Waals surface area contributed by atoms with Gasteiger partial charge in [-0.2, -0.15) is 0 Å². The first kappa shape index (κ1) is 21.5. The minimum absolute atomic E-state index is 0.194. The number of nitrogens with zero attached hydrogens (tertiary/aromatic N) is 3. The number of amides is 1. The lowest BCUT2D eigenvalue weighted by Crippen LogP contribution is -2.27. The van der Waals surface area contributed by atoms with E-state index in [2.05, 4.69) is 15.3 Å². The summed E-state index contributed by atoms with van der Waals surface area (Å²) in [4.78, 5) is 33.7. The molecular formula is C24H22ClN5O2. The molecule has 0 fully saturated rings. The average Bonchev–Trinajstić information content (AvgIpc) is 2.74. The highest BCUT2D eigenvalue weighted by Crippen LogP contribution is 2.19. The maximum Gasteiger partial charge on any atom is 0.253 e. The summed E-state index contributed by atoms with van der Waals surface area (Å²) >= 11 is 6.04. The molecular weight excluding hydrogens is 426 g/mol. The van der Waals surface area contributed by atoms with E-state index >= 15 is 0 Å². The Balaban J connectivity index is 1.53. The van der Waals surface area contributed by atoms with Gasteiger partial charge in [0.1, 0.15) is 5.82 Å². The van der Waals surface area contributed by atoms with E-state index in [-0.39, 0.29) is 11.5 Å². The van der Waals surface area contributed by atoms with Crippen LogP contribution in [0, 0.1) is 13.8 Å². The second-order valence-electron chi connectivity index (χ2n) is 7.68. The van der Waals surface area contributed by atoms with Crippen LogP contribution < -0.4 is 16.6 Å². The van der Waals surface area contributed by atoms with Gasteiger partial charge in [-0.3, -0.25) is 14.6 Å². The van der Waals surface area contributed by atoms with E-state index in [4.69, 9.17) is 17.3 Å². The Kier molecular flexibility index (Phi) is 5.92. The van der Waals surface area contributed by atoms with Gasteiger partial charge >= 0.3 is 0 Å². The van der Waals surface area contributed by atoms with E-state index in [9.17, 15) is 9.59 Å². The van der Waals surface area contributed by atoms with Crippen LogP contribution in [-0.2, 0) is 13.1 Å². The number of nitrogens with one attached hydrogen (secondary N) is 1. The number of aromatic nitrogens is 3. The number of hydrogen-bond acceptors (Lipinski definition) is 5. The van der Waals surface area contributed by atoms with Crippen molar-refractivity contribution in [1.29, 1.82) is 0 Å². The summed E-state index contributed by atoms with van der Waals surface area (Å²) in [7, 11) is 0. The predicted octanol–water partition coefficient (Wildman–Crippen LogP) is 3.62. The molecule has 3 aromatic heterocycles. The number of carbonyl (C=O) groups excluding carboxylic acids is 1. The molecule has 0 saturated heterocycles. The molecule has 0 bridgehead atoms. The van der Waals surface area contributed by atoms with Gasteiger partial charge in [-0.05, 0) is 60.9 Å². The number of benzene rings is 1. The molecule has 3 heterocycles. The molecule has 1 amide bonds. The molecule has 0 spiro atoms. The first-order valence-electron chi connectivity index (χ1n) is 10.1. The molecule has 7 nitrogen and oxygen atoms in total. The van der Waals surface area contributed by atoms with E-state index in [0.717, 1.165) is 33.3 Å². The summed E-state index contributed by atoms with van der Waals surface area (Å²) in [5, 5.41) is 4.34. The van der Waals surface area contributed by atoms with Crippen LogP contribution in [0.2, 0.25) is 5.02 Å². The highest BCUT2D eigenvalue weighted by atomic mass is 35.5. The Labute approximate surface area is 189 Å². The Morgan fingerprint density at radius 2 is 1.97 bits per heavy atom. The van der Waals surface area contributed by atoms with Crippen LogP contribution in [0.4, 0.5) is 5.82 Å². The second-order valence-corrected chi connectivity index (χ2v) is 8.11. The van der Waals surface area contributed by atoms with Crippen molar-refractivity contribution in [2.45, 2.75) is 26.9 Å². The van der Waals surface area contributed by atoms with Crippen LogP contribution in [0.25, 0.3) is 10.9 Å². The molecule has 4 rings (SSSR count). The Morgan fingerprint density at radius 3 is 2.75 bits per heavy atom. The molecule has 3 N–H and O–H groups in total. The molecule has 0 radical (unpaired) electrons. The van der Waals surface area contributed by atoms with Crippen molar-refractivity contribution in [1.82, 2.24) is 19.9 Å². The Morgan fingerprint density at radius 1 is 1.16 bits per heavy atom. The zero-order valence-electron chi connectivity index (χ0n) is 17.7. The first-order valence-corrected chi connectivity index (χ1v) is 10.4. The molecule has 0 saturated carbocycles. The second kappa shape index (κ2) is 8.80. The molecule has 4 aromatic rings. The van der Waals surface area contributed by atoms with Gasteiger partial charge in [0.05, 0.1) is 22.6 Å². The summed E-state index contributed by atoms with van der Waals surface area (Å²) in [5.74, 6) is 0.178. The molecule has 0 aliphatic rings. The maximum absolute atomic E-state index is 12.7. The SMILES string of the molecule is Cc1cc(N)nc(C)c1CNC(=O)c1ccc(=O)n(Cc2ccc3ncc(Cl)cc3c2)c1. The third-order valence-electron chi connectivity index (χ3n) is 5.31. The highest BCUT2D eigenvalue weighted by molar-refractivity contribution is 6.31. The van der Waals surface area contributed by atoms with Gasteiger partial charge in [0.25, 0.3) is 11.5 Å². The quantitative estimate of drug-likeness (QED) is 0.486. The van der Waals surface area contributed by atoms with Crippen molar-refractivity contribution in [3.05, 3.63) is 98.2 Å². The minimum atomic E-state index is -0.274. The van der Waals surface area contributed by atoms with Crippen molar-refractivity contribution in [3.63, 3.8) is 0 Å². The smallest absolute Gasteiger partial charge is 0.253 e. The normalized spacial score (nSPS) is 11.0. The number of carbonyl (C=O) groups is 1. The fourth-order valence-corrected chi connectivity index (χ4v) is 3.83. The van der Waals surface area contributed by atoms with Crippen molar-refractivity contribution < 1.29 is 4.79 Å². The van der Waals surface area contributed by atoms with E-state index in [1.54, 1.807) is 18.5 Å². The molecule has 0 aliphatic carbocycles. The number of fused-ring (bicyclic) bond motifs is 1. The van der Waals surface area contributed by atoms with Gasteiger partial charge < -0.3 is 15.6 Å². The number of halogens is 1. The maximum atomic E-state index is 12.7. The zero-order valence-corrected chi connectivity index (χ0v) is 18.5. The van der Waals surface area contributed by atoms with Gasteiger partial charge in [0.2, 0.25) is 0 Å². The number of nitrogens with two attached hydrogens (primary N) is 1. The Hall–Kier alpha value is -3.71. The topological polar surface area (TPSA) is 103 Å². The van der Waals surface area contributed by atoms with E-state index < -0.39 is 0 Å². The predicted molar refractivity (Wildman–Crippen MR) is 126 cm³/mol. The van der Waals surface area contributed by atoms with E-state index in [0.29, 0.717) is 29.5 Å². The van der Waals surface area contributed by atoms with Crippen molar-refractivity contribution in [2.75, 3.05) is 5.73 Å². The lowest BCUT2D eigenvalue weighted by Gasteiger charge is -2.12. The van der Waals surface area contributed by atoms with Crippen LogP contribution in [0.1, 0.15) is 32.7 Å². The minimum Gasteiger partial charge on any atom is -0.384 e. The monoisotopic (exact) mass is 447 g/mol. The van der Waals surface area contributed by atoms with Gasteiger partial charge in [-0.1, -0.05) is 17.7 Å². The summed E-state index contributed by atoms with van der Waals surface area (Å²) in [6, 6.07) is 12.3. The number of pyridine rings is 3. The summed E-state index contributed by atoms with van der Waals surface area (Å²) in [5.41, 5.74) is 10.4. The lowest BCUT2D eigenvalue weighted by atomic mass is 10.1. The number of nitrogen functional groups attached to an aromatic ring is 1. The van der Waals surface area contributed by atoms with Crippen LogP contribution in [0.5, 0.6) is 0 Å². The fourth-order valence-electron chi connectivity index (χ4n) is 3.66.